The van der Waals surface area contributed by atoms with Crippen molar-refractivity contribution in [1.29, 1.82) is 0 Å². The number of pyridine rings is 1. The maximum atomic E-state index is 13.4. The number of nitrogens with zero attached hydrogens (tertiary/aromatic N) is 3. The number of anilines is 1. The second-order valence-corrected chi connectivity index (χ2v) is 9.03. The number of aromatic nitrogens is 3. The van der Waals surface area contributed by atoms with Crippen molar-refractivity contribution in [3.63, 3.8) is 0 Å². The summed E-state index contributed by atoms with van der Waals surface area (Å²) in [6.45, 7) is 5.14. The molecule has 7 nitrogen and oxygen atoms in total. The number of esters is 1. The van der Waals surface area contributed by atoms with Gasteiger partial charge in [-0.3, -0.25) is 14.3 Å². The number of fused-ring (bicyclic) bond motifs is 1. The number of alkyl halides is 3. The first-order valence-corrected chi connectivity index (χ1v) is 11.5. The van der Waals surface area contributed by atoms with Crippen molar-refractivity contribution >= 4 is 44.4 Å². The Morgan fingerprint density at radius 1 is 1.08 bits per heavy atom. The van der Waals surface area contributed by atoms with Gasteiger partial charge in [0.2, 0.25) is 0 Å². The second-order valence-electron chi connectivity index (χ2n) is 8.11. The van der Waals surface area contributed by atoms with Crippen LogP contribution in [0.5, 0.6) is 5.75 Å². The minimum atomic E-state index is -4.71. The van der Waals surface area contributed by atoms with Crippen LogP contribution in [0.4, 0.5) is 18.9 Å². The third-order valence-electron chi connectivity index (χ3n) is 5.44. The van der Waals surface area contributed by atoms with Gasteiger partial charge in [0, 0.05) is 16.8 Å². The quantitative estimate of drug-likeness (QED) is 0.237. The number of carbonyl (C=O) groups excluding carboxylic acids is 2. The van der Waals surface area contributed by atoms with E-state index in [1.54, 1.807) is 54.9 Å². The standard InChI is InChI=1S/C25H20BrF3N4O3/c1-13-23(14(2)33(32-13)12-16-4-7-18(8-5-16)36-15(3)34)31-24(35)20-11-22(25(27,28)29)30-21-9-6-17(26)10-19(20)21/h4-11H,12H2,1-3H3,(H,31,35). The third kappa shape index (κ3) is 5.40. The van der Waals surface area contributed by atoms with Gasteiger partial charge in [-0.15, -0.1) is 0 Å². The maximum Gasteiger partial charge on any atom is 0.433 e. The smallest absolute Gasteiger partial charge is 0.427 e. The highest BCUT2D eigenvalue weighted by molar-refractivity contribution is 9.10. The van der Waals surface area contributed by atoms with E-state index in [9.17, 15) is 22.8 Å². The topological polar surface area (TPSA) is 86.1 Å². The molecule has 11 heteroatoms. The number of carbonyl (C=O) groups is 2. The van der Waals surface area contributed by atoms with Gasteiger partial charge in [-0.25, -0.2) is 4.98 Å². The summed E-state index contributed by atoms with van der Waals surface area (Å²) in [5, 5.41) is 7.49. The summed E-state index contributed by atoms with van der Waals surface area (Å²) < 4.78 is 47.7. The van der Waals surface area contributed by atoms with Gasteiger partial charge < -0.3 is 10.1 Å². The van der Waals surface area contributed by atoms with Gasteiger partial charge in [0.15, 0.2) is 0 Å². The van der Waals surface area contributed by atoms with E-state index in [0.717, 1.165) is 11.6 Å². The van der Waals surface area contributed by atoms with Crippen molar-refractivity contribution in [2.45, 2.75) is 33.5 Å². The second kappa shape index (κ2) is 9.73. The van der Waals surface area contributed by atoms with E-state index < -0.39 is 23.7 Å². The molecule has 0 unspecified atom stereocenters. The average Bonchev–Trinajstić information content (AvgIpc) is 3.05. The number of halogens is 4. The molecule has 0 saturated heterocycles. The number of rotatable bonds is 5. The molecule has 1 N–H and O–H groups in total. The first-order valence-electron chi connectivity index (χ1n) is 10.7. The van der Waals surface area contributed by atoms with Crippen LogP contribution in [0.1, 0.15) is 39.9 Å². The Kier molecular flexibility index (Phi) is 6.85. The average molecular weight is 561 g/mol. The summed E-state index contributed by atoms with van der Waals surface area (Å²) in [6.07, 6.45) is -4.71. The number of hydrogen-bond donors (Lipinski definition) is 1. The first kappa shape index (κ1) is 25.4. The van der Waals surface area contributed by atoms with Crippen LogP contribution in [0, 0.1) is 13.8 Å². The monoisotopic (exact) mass is 560 g/mol. The largest absolute Gasteiger partial charge is 0.433 e. The number of aryl methyl sites for hydroxylation is 1. The number of benzene rings is 2. The van der Waals surface area contributed by atoms with Gasteiger partial charge in [0.25, 0.3) is 5.91 Å². The molecular weight excluding hydrogens is 541 g/mol. The van der Waals surface area contributed by atoms with Crippen LogP contribution in [-0.2, 0) is 17.5 Å². The molecule has 0 spiro atoms. The summed E-state index contributed by atoms with van der Waals surface area (Å²) in [5.74, 6) is -0.706. The molecule has 4 aromatic rings. The highest BCUT2D eigenvalue weighted by Gasteiger charge is 2.34. The van der Waals surface area contributed by atoms with Gasteiger partial charge in [-0.2, -0.15) is 18.3 Å². The lowest BCUT2D eigenvalue weighted by Gasteiger charge is -2.13. The number of nitrogens with one attached hydrogen (secondary N) is 1. The predicted molar refractivity (Wildman–Crippen MR) is 131 cm³/mol. The van der Waals surface area contributed by atoms with Crippen LogP contribution in [0.2, 0.25) is 0 Å². The molecule has 0 aliphatic rings. The lowest BCUT2D eigenvalue weighted by Crippen LogP contribution is -2.17. The zero-order valence-corrected chi connectivity index (χ0v) is 21.0. The Balaban J connectivity index is 1.64. The Labute approximate surface area is 212 Å². The summed E-state index contributed by atoms with van der Waals surface area (Å²) >= 11 is 3.30. The fraction of sp³-hybridized carbons (Fsp3) is 0.200. The van der Waals surface area contributed by atoms with Crippen molar-refractivity contribution in [3.05, 3.63) is 81.2 Å². The minimum Gasteiger partial charge on any atom is -0.427 e. The van der Waals surface area contributed by atoms with Crippen LogP contribution >= 0.6 is 15.9 Å². The number of hydrogen-bond acceptors (Lipinski definition) is 5. The molecule has 2 aromatic carbocycles. The molecule has 1 amide bonds. The van der Waals surface area contributed by atoms with Gasteiger partial charge in [-0.1, -0.05) is 28.1 Å². The van der Waals surface area contributed by atoms with Crippen LogP contribution in [0.25, 0.3) is 10.9 Å². The number of ether oxygens (including phenoxy) is 1. The molecule has 36 heavy (non-hydrogen) atoms. The zero-order chi connectivity index (χ0) is 26.2. The van der Waals surface area contributed by atoms with Gasteiger partial charge in [-0.05, 0) is 55.8 Å². The molecule has 0 aliphatic carbocycles. The van der Waals surface area contributed by atoms with Crippen LogP contribution in [-0.4, -0.2) is 26.6 Å². The molecule has 186 valence electrons. The van der Waals surface area contributed by atoms with E-state index in [-0.39, 0.29) is 16.5 Å². The van der Waals surface area contributed by atoms with E-state index in [0.29, 0.717) is 33.8 Å². The Morgan fingerprint density at radius 2 is 1.78 bits per heavy atom. The molecule has 0 atom stereocenters. The molecule has 2 aromatic heterocycles. The van der Waals surface area contributed by atoms with E-state index in [1.807, 2.05) is 0 Å². The highest BCUT2D eigenvalue weighted by Crippen LogP contribution is 2.32. The predicted octanol–water partition coefficient (Wildman–Crippen LogP) is 6.06. The first-order chi connectivity index (χ1) is 16.9. The summed E-state index contributed by atoms with van der Waals surface area (Å²) in [5.41, 5.74) is 1.16. The molecular formula is C25H20BrF3N4O3. The third-order valence-corrected chi connectivity index (χ3v) is 5.94. The van der Waals surface area contributed by atoms with Crippen LogP contribution in [0.3, 0.4) is 0 Å². The molecule has 0 bridgehead atoms. The molecule has 0 aliphatic heterocycles. The van der Waals surface area contributed by atoms with Crippen LogP contribution in [0.15, 0.2) is 53.0 Å². The summed E-state index contributed by atoms with van der Waals surface area (Å²) in [4.78, 5) is 28.0. The lowest BCUT2D eigenvalue weighted by molar-refractivity contribution is -0.141. The van der Waals surface area contributed by atoms with Crippen molar-refractivity contribution in [3.8, 4) is 5.75 Å². The Hall–Kier alpha value is -3.73. The molecule has 4 rings (SSSR count). The van der Waals surface area contributed by atoms with Gasteiger partial charge in [0.05, 0.1) is 34.7 Å². The van der Waals surface area contributed by atoms with Crippen molar-refractivity contribution in [1.82, 2.24) is 14.8 Å². The van der Waals surface area contributed by atoms with Crippen LogP contribution < -0.4 is 10.1 Å². The summed E-state index contributed by atoms with van der Waals surface area (Å²) in [6, 6.07) is 12.2. The lowest BCUT2D eigenvalue weighted by atomic mass is 10.1. The Bertz CT molecular complexity index is 1480. The van der Waals surface area contributed by atoms with E-state index in [1.165, 1.54) is 13.0 Å². The van der Waals surface area contributed by atoms with Gasteiger partial charge >= 0.3 is 12.1 Å². The van der Waals surface area contributed by atoms with E-state index in [2.05, 4.69) is 31.3 Å². The fourth-order valence-corrected chi connectivity index (χ4v) is 4.11. The normalized spacial score (nSPS) is 11.5. The molecule has 0 radical (unpaired) electrons. The maximum absolute atomic E-state index is 13.4. The molecule has 0 saturated carbocycles. The molecule has 2 heterocycles. The SMILES string of the molecule is CC(=O)Oc1ccc(Cn2nc(C)c(NC(=O)c3cc(C(F)(F)F)nc4ccc(Br)cc34)c2C)cc1. The van der Waals surface area contributed by atoms with E-state index in [4.69, 9.17) is 4.74 Å². The zero-order valence-electron chi connectivity index (χ0n) is 19.4. The van der Waals surface area contributed by atoms with Crippen molar-refractivity contribution in [2.24, 2.45) is 0 Å². The van der Waals surface area contributed by atoms with Crippen molar-refractivity contribution in [2.75, 3.05) is 5.32 Å². The Morgan fingerprint density at radius 3 is 2.42 bits per heavy atom. The minimum absolute atomic E-state index is 0.0551. The van der Waals surface area contributed by atoms with Crippen molar-refractivity contribution < 1.29 is 27.5 Å². The number of amides is 1. The fourth-order valence-electron chi connectivity index (χ4n) is 3.75. The van der Waals surface area contributed by atoms with Gasteiger partial charge in [0.1, 0.15) is 11.4 Å². The summed E-state index contributed by atoms with van der Waals surface area (Å²) in [7, 11) is 0. The highest BCUT2D eigenvalue weighted by atomic mass is 79.9. The van der Waals surface area contributed by atoms with E-state index >= 15 is 0 Å². The molecule has 0 fully saturated rings.